The van der Waals surface area contributed by atoms with Gasteiger partial charge in [-0.3, -0.25) is 14.4 Å². The third-order valence-corrected chi connectivity index (χ3v) is 3.44. The molecule has 1 N–H and O–H groups in total. The summed E-state index contributed by atoms with van der Waals surface area (Å²) in [7, 11) is 0. The highest BCUT2D eigenvalue weighted by molar-refractivity contribution is 5.94. The normalized spacial score (nSPS) is 11.0. The highest BCUT2D eigenvalue weighted by atomic mass is 19.4. The molecular formula is C18H17F3N2O5. The molecule has 0 aliphatic heterocycles. The molecule has 7 nitrogen and oxygen atoms in total. The molecule has 150 valence electrons. The van der Waals surface area contributed by atoms with Crippen LogP contribution < -0.4 is 15.6 Å². The largest absolute Gasteiger partial charge is 0.492 e. The summed E-state index contributed by atoms with van der Waals surface area (Å²) in [5.41, 5.74) is -1.51. The number of pyridine rings is 1. The van der Waals surface area contributed by atoms with Crippen molar-refractivity contribution in [3.05, 3.63) is 58.5 Å². The molecule has 0 aliphatic carbocycles. The summed E-state index contributed by atoms with van der Waals surface area (Å²) in [5.74, 6) is -1.27. The van der Waals surface area contributed by atoms with Crippen LogP contribution in [0.15, 0.2) is 47.4 Å². The monoisotopic (exact) mass is 398 g/mol. The van der Waals surface area contributed by atoms with Crippen LogP contribution in [0, 0.1) is 0 Å². The predicted octanol–water partition coefficient (Wildman–Crippen LogP) is 2.45. The fourth-order valence-corrected chi connectivity index (χ4v) is 2.19. The summed E-state index contributed by atoms with van der Waals surface area (Å²) in [5, 5.41) is 2.50. The van der Waals surface area contributed by atoms with Gasteiger partial charge in [-0.15, -0.1) is 0 Å². The van der Waals surface area contributed by atoms with Crippen molar-refractivity contribution >= 4 is 17.6 Å². The fourth-order valence-electron chi connectivity index (χ4n) is 2.19. The van der Waals surface area contributed by atoms with Crippen LogP contribution >= 0.6 is 0 Å². The molecule has 10 heteroatoms. The molecule has 2 aromatic rings. The minimum absolute atomic E-state index is 0.375. The number of aromatic nitrogens is 1. The number of esters is 1. The number of halogens is 3. The lowest BCUT2D eigenvalue weighted by atomic mass is 10.3. The number of amides is 1. The van der Waals surface area contributed by atoms with Crippen molar-refractivity contribution in [2.45, 2.75) is 19.6 Å². The molecule has 0 unspecified atom stereocenters. The molecule has 0 fully saturated rings. The fraction of sp³-hybridized carbons (Fsp3) is 0.278. The standard InChI is InChI=1S/C18H17F3N2O5/c1-2-27-14-6-4-3-5-13(14)22-15(24)11-28-17(26)10-23-9-12(18(19,20)21)7-8-16(23)25/h3-9H,2,10-11H2,1H3,(H,22,24). The summed E-state index contributed by atoms with van der Waals surface area (Å²) < 4.78 is 48.7. The molecule has 0 spiro atoms. The second kappa shape index (κ2) is 9.07. The lowest BCUT2D eigenvalue weighted by molar-refractivity contribution is -0.148. The summed E-state index contributed by atoms with van der Waals surface area (Å²) in [6.07, 6.45) is -4.14. The van der Waals surface area contributed by atoms with Crippen LogP contribution in [0.1, 0.15) is 12.5 Å². The quantitative estimate of drug-likeness (QED) is 0.724. The van der Waals surface area contributed by atoms with E-state index in [1.165, 1.54) is 0 Å². The number of alkyl halides is 3. The zero-order valence-corrected chi connectivity index (χ0v) is 14.8. The predicted molar refractivity (Wildman–Crippen MR) is 92.9 cm³/mol. The molecular weight excluding hydrogens is 381 g/mol. The molecule has 0 bridgehead atoms. The molecule has 2 rings (SSSR count). The van der Waals surface area contributed by atoms with Gasteiger partial charge in [-0.25, -0.2) is 0 Å². The minimum Gasteiger partial charge on any atom is -0.492 e. The molecule has 0 radical (unpaired) electrons. The van der Waals surface area contributed by atoms with Gasteiger partial charge in [-0.1, -0.05) is 12.1 Å². The van der Waals surface area contributed by atoms with Crippen LogP contribution in [0.25, 0.3) is 0 Å². The Labute approximate surface area is 157 Å². The molecule has 0 aliphatic rings. The van der Waals surface area contributed by atoms with Gasteiger partial charge in [0.15, 0.2) is 6.61 Å². The van der Waals surface area contributed by atoms with Crippen LogP contribution in [-0.4, -0.2) is 29.7 Å². The molecule has 1 heterocycles. The first-order valence-electron chi connectivity index (χ1n) is 8.15. The summed E-state index contributed by atoms with van der Waals surface area (Å²) in [6.45, 7) is 0.724. The van der Waals surface area contributed by atoms with Gasteiger partial charge in [-0.05, 0) is 25.1 Å². The summed E-state index contributed by atoms with van der Waals surface area (Å²) in [4.78, 5) is 35.3. The smallest absolute Gasteiger partial charge is 0.417 e. The van der Waals surface area contributed by atoms with Gasteiger partial charge in [0.05, 0.1) is 17.9 Å². The third-order valence-electron chi connectivity index (χ3n) is 3.44. The number of ether oxygens (including phenoxy) is 2. The van der Waals surface area contributed by atoms with E-state index in [4.69, 9.17) is 9.47 Å². The van der Waals surface area contributed by atoms with Gasteiger partial charge in [0.25, 0.3) is 11.5 Å². The van der Waals surface area contributed by atoms with E-state index >= 15 is 0 Å². The Balaban J connectivity index is 1.94. The number of nitrogens with zero attached hydrogens (tertiary/aromatic N) is 1. The Morgan fingerprint density at radius 1 is 1.14 bits per heavy atom. The number of nitrogens with one attached hydrogen (secondary N) is 1. The van der Waals surface area contributed by atoms with Crippen LogP contribution in [-0.2, 0) is 27.0 Å². The van der Waals surface area contributed by atoms with Crippen molar-refractivity contribution < 1.29 is 32.2 Å². The number of hydrogen-bond donors (Lipinski definition) is 1. The second-order valence-corrected chi connectivity index (χ2v) is 5.52. The maximum Gasteiger partial charge on any atom is 0.417 e. The Morgan fingerprint density at radius 3 is 2.54 bits per heavy atom. The topological polar surface area (TPSA) is 86.6 Å². The third kappa shape index (κ3) is 5.86. The van der Waals surface area contributed by atoms with E-state index in [0.717, 1.165) is 0 Å². The van der Waals surface area contributed by atoms with Crippen molar-refractivity contribution in [1.29, 1.82) is 0 Å². The van der Waals surface area contributed by atoms with Gasteiger partial charge in [0.2, 0.25) is 0 Å². The maximum absolute atomic E-state index is 12.7. The van der Waals surface area contributed by atoms with E-state index in [1.807, 2.05) is 0 Å². The zero-order valence-electron chi connectivity index (χ0n) is 14.8. The van der Waals surface area contributed by atoms with E-state index in [9.17, 15) is 27.6 Å². The molecule has 0 saturated carbocycles. The molecule has 0 atom stereocenters. The first-order chi connectivity index (χ1) is 13.2. The van der Waals surface area contributed by atoms with E-state index in [0.29, 0.717) is 40.9 Å². The van der Waals surface area contributed by atoms with E-state index in [-0.39, 0.29) is 0 Å². The number of rotatable bonds is 7. The van der Waals surface area contributed by atoms with E-state index in [2.05, 4.69) is 5.32 Å². The van der Waals surface area contributed by atoms with Gasteiger partial charge >= 0.3 is 12.1 Å². The Bertz CT molecular complexity index is 909. The highest BCUT2D eigenvalue weighted by Crippen LogP contribution is 2.28. The van der Waals surface area contributed by atoms with Crippen LogP contribution in [0.2, 0.25) is 0 Å². The summed E-state index contributed by atoms with van der Waals surface area (Å²) in [6, 6.07) is 7.94. The average molecular weight is 398 g/mol. The van der Waals surface area contributed by atoms with Gasteiger partial charge in [-0.2, -0.15) is 13.2 Å². The number of hydrogen-bond acceptors (Lipinski definition) is 5. The van der Waals surface area contributed by atoms with Crippen LogP contribution in [0.4, 0.5) is 18.9 Å². The van der Waals surface area contributed by atoms with Gasteiger partial charge in [0, 0.05) is 12.3 Å². The molecule has 0 saturated heterocycles. The van der Waals surface area contributed by atoms with Gasteiger partial charge < -0.3 is 19.4 Å². The lowest BCUT2D eigenvalue weighted by Crippen LogP contribution is -2.28. The van der Waals surface area contributed by atoms with Gasteiger partial charge in [0.1, 0.15) is 12.3 Å². The number of para-hydroxylation sites is 2. The first-order valence-corrected chi connectivity index (χ1v) is 8.15. The molecule has 28 heavy (non-hydrogen) atoms. The Morgan fingerprint density at radius 2 is 1.86 bits per heavy atom. The molecule has 1 amide bonds. The molecule has 1 aromatic heterocycles. The average Bonchev–Trinajstić information content (AvgIpc) is 2.63. The second-order valence-electron chi connectivity index (χ2n) is 5.52. The van der Waals surface area contributed by atoms with Crippen molar-refractivity contribution in [2.75, 3.05) is 18.5 Å². The number of anilines is 1. The van der Waals surface area contributed by atoms with Crippen molar-refractivity contribution in [3.8, 4) is 5.75 Å². The van der Waals surface area contributed by atoms with E-state index < -0.39 is 42.3 Å². The van der Waals surface area contributed by atoms with E-state index in [1.54, 1.807) is 31.2 Å². The van der Waals surface area contributed by atoms with Crippen molar-refractivity contribution in [1.82, 2.24) is 4.57 Å². The Hall–Kier alpha value is -3.30. The SMILES string of the molecule is CCOc1ccccc1NC(=O)COC(=O)Cn1cc(C(F)(F)F)ccc1=O. The van der Waals surface area contributed by atoms with Crippen LogP contribution in [0.5, 0.6) is 5.75 Å². The van der Waals surface area contributed by atoms with Crippen LogP contribution in [0.3, 0.4) is 0 Å². The van der Waals surface area contributed by atoms with Crippen molar-refractivity contribution in [3.63, 3.8) is 0 Å². The Kier molecular flexibility index (Phi) is 6.80. The highest BCUT2D eigenvalue weighted by Gasteiger charge is 2.31. The number of carbonyl (C=O) groups is 2. The summed E-state index contributed by atoms with van der Waals surface area (Å²) >= 11 is 0. The van der Waals surface area contributed by atoms with Crippen molar-refractivity contribution in [2.24, 2.45) is 0 Å². The number of carbonyl (C=O) groups excluding carboxylic acids is 2. The zero-order chi connectivity index (χ0) is 20.7. The minimum atomic E-state index is -4.66. The molecule has 1 aromatic carbocycles. The first kappa shape index (κ1) is 21.0. The number of benzene rings is 1. The lowest BCUT2D eigenvalue weighted by Gasteiger charge is -2.12. The maximum atomic E-state index is 12.7.